The fourth-order valence-corrected chi connectivity index (χ4v) is 3.94. The number of nitrogens with zero attached hydrogens (tertiary/aromatic N) is 4. The smallest absolute Gasteiger partial charge is 0.194 e. The largest absolute Gasteiger partial charge is 0.357 e. The maximum atomic E-state index is 4.83. The van der Waals surface area contributed by atoms with Crippen molar-refractivity contribution in [1.29, 1.82) is 0 Å². The van der Waals surface area contributed by atoms with Crippen molar-refractivity contribution in [3.63, 3.8) is 0 Å². The summed E-state index contributed by atoms with van der Waals surface area (Å²) in [6.07, 6.45) is 2.86. The number of piperazine rings is 1. The van der Waals surface area contributed by atoms with E-state index in [1.807, 2.05) is 6.20 Å². The lowest BCUT2D eigenvalue weighted by Crippen LogP contribution is -2.52. The summed E-state index contributed by atoms with van der Waals surface area (Å²) >= 11 is 1.77. The number of aromatic nitrogens is 1. The second-order valence-electron chi connectivity index (χ2n) is 6.60. The Kier molecular flexibility index (Phi) is 9.50. The van der Waals surface area contributed by atoms with E-state index in [0.29, 0.717) is 0 Å². The maximum Gasteiger partial charge on any atom is 0.194 e. The summed E-state index contributed by atoms with van der Waals surface area (Å²) in [5, 5.41) is 4.62. The molecule has 7 heteroatoms. The Morgan fingerprint density at radius 3 is 2.56 bits per heavy atom. The molecule has 3 rings (SSSR count). The molecule has 2 heterocycles. The topological polar surface area (TPSA) is 43.8 Å². The van der Waals surface area contributed by atoms with E-state index in [1.165, 1.54) is 15.4 Å². The molecule has 1 aromatic heterocycles. The number of thiazole rings is 1. The third kappa shape index (κ3) is 7.04. The van der Waals surface area contributed by atoms with Crippen molar-refractivity contribution in [3.05, 3.63) is 52.0 Å². The fraction of sp³-hybridized carbons (Fsp3) is 0.500. The van der Waals surface area contributed by atoms with E-state index in [4.69, 9.17) is 4.99 Å². The first-order valence-electron chi connectivity index (χ1n) is 9.45. The van der Waals surface area contributed by atoms with Gasteiger partial charge in [-0.3, -0.25) is 9.89 Å². The Labute approximate surface area is 183 Å². The van der Waals surface area contributed by atoms with E-state index in [-0.39, 0.29) is 24.0 Å². The Morgan fingerprint density at radius 2 is 1.93 bits per heavy atom. The summed E-state index contributed by atoms with van der Waals surface area (Å²) in [7, 11) is 0. The number of rotatable bonds is 6. The van der Waals surface area contributed by atoms with Crippen LogP contribution in [0, 0.1) is 6.92 Å². The number of aryl methyl sites for hydroxylation is 1. The van der Waals surface area contributed by atoms with Crippen molar-refractivity contribution in [2.24, 2.45) is 4.99 Å². The molecule has 0 unspecified atom stereocenters. The number of aliphatic imine (C=N–C) groups is 1. The maximum absolute atomic E-state index is 4.83. The van der Waals surface area contributed by atoms with Crippen LogP contribution < -0.4 is 5.32 Å². The molecule has 27 heavy (non-hydrogen) atoms. The van der Waals surface area contributed by atoms with Crippen LogP contribution in [-0.2, 0) is 13.0 Å². The molecule has 0 aliphatic carbocycles. The van der Waals surface area contributed by atoms with Gasteiger partial charge in [0.25, 0.3) is 0 Å². The Morgan fingerprint density at radius 1 is 1.19 bits per heavy atom. The minimum Gasteiger partial charge on any atom is -0.357 e. The number of halogens is 1. The first-order valence-corrected chi connectivity index (χ1v) is 10.3. The average Bonchev–Trinajstić information content (AvgIpc) is 3.08. The second-order valence-corrected chi connectivity index (χ2v) is 7.92. The Balaban J connectivity index is 0.00000261. The van der Waals surface area contributed by atoms with Crippen molar-refractivity contribution in [2.45, 2.75) is 26.8 Å². The van der Waals surface area contributed by atoms with Crippen LogP contribution in [0.2, 0.25) is 0 Å². The average molecular weight is 499 g/mol. The van der Waals surface area contributed by atoms with Crippen LogP contribution in [0.4, 0.5) is 0 Å². The van der Waals surface area contributed by atoms with Crippen molar-refractivity contribution >= 4 is 41.3 Å². The van der Waals surface area contributed by atoms with E-state index in [1.54, 1.807) is 11.3 Å². The molecule has 0 spiro atoms. The van der Waals surface area contributed by atoms with Gasteiger partial charge in [-0.05, 0) is 19.4 Å². The van der Waals surface area contributed by atoms with Crippen molar-refractivity contribution in [1.82, 2.24) is 20.1 Å². The number of hydrogen-bond donors (Lipinski definition) is 1. The zero-order valence-electron chi connectivity index (χ0n) is 16.2. The van der Waals surface area contributed by atoms with E-state index >= 15 is 0 Å². The predicted octanol–water partition coefficient (Wildman–Crippen LogP) is 3.40. The molecule has 1 aromatic carbocycles. The van der Waals surface area contributed by atoms with Crippen molar-refractivity contribution < 1.29 is 0 Å². The molecule has 1 aliphatic heterocycles. The second kappa shape index (κ2) is 11.6. The zero-order valence-corrected chi connectivity index (χ0v) is 19.4. The molecule has 0 radical (unpaired) electrons. The van der Waals surface area contributed by atoms with Gasteiger partial charge in [0.05, 0.1) is 5.01 Å². The van der Waals surface area contributed by atoms with Crippen LogP contribution in [0.1, 0.15) is 22.4 Å². The Bertz CT molecular complexity index is 695. The summed E-state index contributed by atoms with van der Waals surface area (Å²) in [5.74, 6) is 1.04. The molecule has 0 bridgehead atoms. The monoisotopic (exact) mass is 499 g/mol. The van der Waals surface area contributed by atoms with Gasteiger partial charge in [-0.25, -0.2) is 4.98 Å². The van der Waals surface area contributed by atoms with Crippen LogP contribution in [0.25, 0.3) is 0 Å². The molecule has 1 saturated heterocycles. The molecule has 1 aliphatic rings. The lowest BCUT2D eigenvalue weighted by molar-refractivity contribution is 0.172. The van der Waals surface area contributed by atoms with Gasteiger partial charge in [-0.15, -0.1) is 35.3 Å². The van der Waals surface area contributed by atoms with Gasteiger partial charge in [0.2, 0.25) is 0 Å². The van der Waals surface area contributed by atoms with Gasteiger partial charge in [-0.2, -0.15) is 0 Å². The SMILES string of the molecule is CCNC(=NCCc1ncc(C)s1)N1CCN(Cc2ccccc2)CC1.I. The molecule has 1 fully saturated rings. The van der Waals surface area contributed by atoms with E-state index < -0.39 is 0 Å². The van der Waals surface area contributed by atoms with Crippen LogP contribution in [-0.4, -0.2) is 60.0 Å². The van der Waals surface area contributed by atoms with Gasteiger partial charge in [0.15, 0.2) is 5.96 Å². The first-order chi connectivity index (χ1) is 12.7. The highest BCUT2D eigenvalue weighted by atomic mass is 127. The standard InChI is InChI=1S/C20H29N5S.HI/c1-3-21-20(22-10-9-19-23-15-17(2)26-19)25-13-11-24(12-14-25)16-18-7-5-4-6-8-18;/h4-8,15H,3,9-14,16H2,1-2H3,(H,21,22);1H. The first kappa shape index (κ1) is 22.1. The molecular formula is C20H30IN5S. The quantitative estimate of drug-likeness (QED) is 0.376. The third-order valence-electron chi connectivity index (χ3n) is 4.51. The lowest BCUT2D eigenvalue weighted by Gasteiger charge is -2.36. The van der Waals surface area contributed by atoms with E-state index in [9.17, 15) is 0 Å². The van der Waals surface area contributed by atoms with Crippen LogP contribution >= 0.6 is 35.3 Å². The number of hydrogen-bond acceptors (Lipinski definition) is 4. The molecule has 0 atom stereocenters. The molecule has 2 aromatic rings. The normalized spacial score (nSPS) is 15.5. The summed E-state index contributed by atoms with van der Waals surface area (Å²) in [6.45, 7) is 11.2. The minimum absolute atomic E-state index is 0. The third-order valence-corrected chi connectivity index (χ3v) is 5.48. The summed E-state index contributed by atoms with van der Waals surface area (Å²) < 4.78 is 0. The van der Waals surface area contributed by atoms with Gasteiger partial charge in [-0.1, -0.05) is 30.3 Å². The predicted molar refractivity (Wildman–Crippen MR) is 125 cm³/mol. The molecule has 1 N–H and O–H groups in total. The fourth-order valence-electron chi connectivity index (χ4n) is 3.16. The van der Waals surface area contributed by atoms with Crippen LogP contribution in [0.15, 0.2) is 41.5 Å². The van der Waals surface area contributed by atoms with Gasteiger partial charge >= 0.3 is 0 Å². The van der Waals surface area contributed by atoms with Crippen LogP contribution in [0.5, 0.6) is 0 Å². The van der Waals surface area contributed by atoms with Crippen LogP contribution in [0.3, 0.4) is 0 Å². The summed E-state index contributed by atoms with van der Waals surface area (Å²) in [5.41, 5.74) is 1.39. The molecular weight excluding hydrogens is 469 g/mol. The molecule has 148 valence electrons. The van der Waals surface area contributed by atoms with Gasteiger partial charge < -0.3 is 10.2 Å². The number of nitrogens with one attached hydrogen (secondary N) is 1. The number of guanidine groups is 1. The molecule has 5 nitrogen and oxygen atoms in total. The van der Waals surface area contributed by atoms with Gasteiger partial charge in [0, 0.05) is 63.3 Å². The minimum atomic E-state index is 0. The van der Waals surface area contributed by atoms with Gasteiger partial charge in [0.1, 0.15) is 0 Å². The van der Waals surface area contributed by atoms with E-state index in [0.717, 1.165) is 58.2 Å². The van der Waals surface area contributed by atoms with Crippen molar-refractivity contribution in [2.75, 3.05) is 39.3 Å². The highest BCUT2D eigenvalue weighted by Crippen LogP contribution is 2.12. The zero-order chi connectivity index (χ0) is 18.2. The highest BCUT2D eigenvalue weighted by molar-refractivity contribution is 14.0. The Hall–Kier alpha value is -1.19. The summed E-state index contributed by atoms with van der Waals surface area (Å²) in [4.78, 5) is 15.4. The molecule has 0 saturated carbocycles. The lowest BCUT2D eigenvalue weighted by atomic mass is 10.2. The van der Waals surface area contributed by atoms with Crippen molar-refractivity contribution in [3.8, 4) is 0 Å². The molecule has 0 amide bonds. The number of benzene rings is 1. The highest BCUT2D eigenvalue weighted by Gasteiger charge is 2.19. The van der Waals surface area contributed by atoms with E-state index in [2.05, 4.69) is 64.3 Å². The summed E-state index contributed by atoms with van der Waals surface area (Å²) in [6, 6.07) is 10.7.